The Morgan fingerprint density at radius 1 is 1.56 bits per heavy atom. The van der Waals surface area contributed by atoms with Gasteiger partial charge < -0.3 is 9.94 Å². The molecule has 1 rings (SSSR count). The summed E-state index contributed by atoms with van der Waals surface area (Å²) >= 11 is 0. The van der Waals surface area contributed by atoms with Crippen LogP contribution in [0.2, 0.25) is 0 Å². The second kappa shape index (κ2) is 7.19. The number of carbonyl (C=O) groups excluding carboxylic acids is 1. The zero-order valence-corrected chi connectivity index (χ0v) is 11.5. The van der Waals surface area contributed by atoms with Gasteiger partial charge in [0.05, 0.1) is 18.7 Å². The van der Waals surface area contributed by atoms with Crippen LogP contribution in [0.15, 0.2) is 16.8 Å². The fourth-order valence-corrected chi connectivity index (χ4v) is 2.67. The molecule has 1 aliphatic rings. The number of ether oxygens (including phenoxy) is 1. The first-order chi connectivity index (χ1) is 8.63. The maximum atomic E-state index is 11.8. The molecular weight excluding hydrogens is 230 g/mol. The third-order valence-corrected chi connectivity index (χ3v) is 3.59. The van der Waals surface area contributed by atoms with Crippen molar-refractivity contribution in [2.24, 2.45) is 17.0 Å². The zero-order valence-electron chi connectivity index (χ0n) is 11.5. The summed E-state index contributed by atoms with van der Waals surface area (Å²) in [7, 11) is 1.42. The number of unbranched alkanes of at least 4 members (excludes halogenated alkanes) is 2. The SMILES string of the molecule is CCCCC[C@@H]1C/C(=N\O)C=C(C)[C@H]1C(=O)OC. The Labute approximate surface area is 109 Å². The minimum Gasteiger partial charge on any atom is -0.469 e. The van der Waals surface area contributed by atoms with Gasteiger partial charge in [0, 0.05) is 0 Å². The van der Waals surface area contributed by atoms with E-state index >= 15 is 0 Å². The highest BCUT2D eigenvalue weighted by Gasteiger charge is 2.34. The van der Waals surface area contributed by atoms with Gasteiger partial charge in [-0.1, -0.05) is 36.9 Å². The van der Waals surface area contributed by atoms with Gasteiger partial charge in [0.1, 0.15) is 0 Å². The first-order valence-corrected chi connectivity index (χ1v) is 6.61. The zero-order chi connectivity index (χ0) is 13.5. The Kier molecular flexibility index (Phi) is 5.89. The lowest BCUT2D eigenvalue weighted by atomic mass is 9.75. The normalized spacial score (nSPS) is 25.9. The van der Waals surface area contributed by atoms with Crippen molar-refractivity contribution in [1.29, 1.82) is 0 Å². The summed E-state index contributed by atoms with van der Waals surface area (Å²) < 4.78 is 4.88. The third-order valence-electron chi connectivity index (χ3n) is 3.59. The van der Waals surface area contributed by atoms with Crippen LogP contribution in [0.25, 0.3) is 0 Å². The fourth-order valence-electron chi connectivity index (χ4n) is 2.67. The molecule has 2 atom stereocenters. The van der Waals surface area contributed by atoms with Crippen molar-refractivity contribution in [3.8, 4) is 0 Å². The highest BCUT2D eigenvalue weighted by atomic mass is 16.5. The second-order valence-electron chi connectivity index (χ2n) is 4.94. The number of hydrogen-bond acceptors (Lipinski definition) is 4. The van der Waals surface area contributed by atoms with E-state index in [1.54, 1.807) is 6.08 Å². The summed E-state index contributed by atoms with van der Waals surface area (Å²) in [5.41, 5.74) is 1.59. The Morgan fingerprint density at radius 2 is 2.28 bits per heavy atom. The number of carbonyl (C=O) groups is 1. The van der Waals surface area contributed by atoms with E-state index in [4.69, 9.17) is 9.94 Å². The van der Waals surface area contributed by atoms with Crippen LogP contribution in [0, 0.1) is 11.8 Å². The van der Waals surface area contributed by atoms with Crippen LogP contribution < -0.4 is 0 Å². The van der Waals surface area contributed by atoms with Crippen LogP contribution in [0.1, 0.15) is 46.0 Å². The lowest BCUT2D eigenvalue weighted by Crippen LogP contribution is -2.31. The summed E-state index contributed by atoms with van der Waals surface area (Å²) in [6.07, 6.45) is 6.83. The monoisotopic (exact) mass is 253 g/mol. The fraction of sp³-hybridized carbons (Fsp3) is 0.714. The molecule has 0 fully saturated rings. The van der Waals surface area contributed by atoms with Gasteiger partial charge >= 0.3 is 5.97 Å². The maximum absolute atomic E-state index is 11.8. The van der Waals surface area contributed by atoms with Crippen LogP contribution in [0.4, 0.5) is 0 Å². The molecule has 0 saturated heterocycles. The van der Waals surface area contributed by atoms with Crippen LogP contribution in [-0.4, -0.2) is 24.0 Å². The molecule has 1 N–H and O–H groups in total. The van der Waals surface area contributed by atoms with Crippen molar-refractivity contribution in [2.45, 2.75) is 46.0 Å². The van der Waals surface area contributed by atoms with Gasteiger partial charge in [-0.25, -0.2) is 0 Å². The van der Waals surface area contributed by atoms with E-state index in [9.17, 15) is 4.79 Å². The van der Waals surface area contributed by atoms with Gasteiger partial charge in [-0.3, -0.25) is 4.79 Å². The molecule has 0 spiro atoms. The van der Waals surface area contributed by atoms with Gasteiger partial charge in [-0.2, -0.15) is 0 Å². The Balaban J connectivity index is 2.82. The third kappa shape index (κ3) is 3.59. The predicted molar refractivity (Wildman–Crippen MR) is 70.7 cm³/mol. The van der Waals surface area contributed by atoms with E-state index < -0.39 is 0 Å². The summed E-state index contributed by atoms with van der Waals surface area (Å²) in [5.74, 6) is -0.167. The topological polar surface area (TPSA) is 58.9 Å². The lowest BCUT2D eigenvalue weighted by molar-refractivity contribution is -0.145. The highest BCUT2D eigenvalue weighted by molar-refractivity contribution is 5.98. The largest absolute Gasteiger partial charge is 0.469 e. The van der Waals surface area contributed by atoms with E-state index in [0.717, 1.165) is 24.8 Å². The molecule has 4 nitrogen and oxygen atoms in total. The first kappa shape index (κ1) is 14.7. The molecule has 0 bridgehead atoms. The molecule has 0 saturated carbocycles. The number of nitrogens with zero attached hydrogens (tertiary/aromatic N) is 1. The summed E-state index contributed by atoms with van der Waals surface area (Å²) in [5, 5.41) is 12.2. The van der Waals surface area contributed by atoms with Gasteiger partial charge in [-0.15, -0.1) is 0 Å². The Morgan fingerprint density at radius 3 is 2.83 bits per heavy atom. The van der Waals surface area contributed by atoms with E-state index in [-0.39, 0.29) is 17.8 Å². The van der Waals surface area contributed by atoms with Crippen LogP contribution in [0.3, 0.4) is 0 Å². The number of methoxy groups -OCH3 is 1. The van der Waals surface area contributed by atoms with E-state index in [0.29, 0.717) is 12.1 Å². The molecular formula is C14H23NO3. The van der Waals surface area contributed by atoms with Crippen LogP contribution >= 0.6 is 0 Å². The van der Waals surface area contributed by atoms with Gasteiger partial charge in [0.25, 0.3) is 0 Å². The van der Waals surface area contributed by atoms with Gasteiger partial charge in [0.2, 0.25) is 0 Å². The van der Waals surface area contributed by atoms with Gasteiger partial charge in [-0.05, 0) is 31.8 Å². The average Bonchev–Trinajstić information content (AvgIpc) is 2.37. The minimum atomic E-state index is -0.183. The summed E-state index contributed by atoms with van der Waals surface area (Å²) in [6, 6.07) is 0. The highest BCUT2D eigenvalue weighted by Crippen LogP contribution is 2.34. The maximum Gasteiger partial charge on any atom is 0.313 e. The molecule has 102 valence electrons. The number of hydrogen-bond donors (Lipinski definition) is 1. The van der Waals surface area contributed by atoms with Crippen molar-refractivity contribution >= 4 is 11.7 Å². The molecule has 4 heteroatoms. The summed E-state index contributed by atoms with van der Waals surface area (Å²) in [4.78, 5) is 11.8. The molecule has 0 heterocycles. The number of rotatable bonds is 5. The molecule has 0 unspecified atom stereocenters. The van der Waals surface area contributed by atoms with E-state index in [1.807, 2.05) is 6.92 Å². The molecule has 0 radical (unpaired) electrons. The predicted octanol–water partition coefficient (Wildman–Crippen LogP) is 3.15. The van der Waals surface area contributed by atoms with E-state index in [2.05, 4.69) is 12.1 Å². The average molecular weight is 253 g/mol. The summed E-state index contributed by atoms with van der Waals surface area (Å²) in [6.45, 7) is 4.06. The Hall–Kier alpha value is -1.32. The van der Waals surface area contributed by atoms with E-state index in [1.165, 1.54) is 13.5 Å². The quantitative estimate of drug-likeness (QED) is 0.354. The molecule has 0 aromatic carbocycles. The van der Waals surface area contributed by atoms with Crippen molar-refractivity contribution in [1.82, 2.24) is 0 Å². The van der Waals surface area contributed by atoms with Crippen molar-refractivity contribution < 1.29 is 14.7 Å². The number of allylic oxidation sites excluding steroid dienone is 1. The number of oxime groups is 1. The molecule has 0 aromatic heterocycles. The lowest BCUT2D eigenvalue weighted by Gasteiger charge is -2.29. The van der Waals surface area contributed by atoms with Crippen LogP contribution in [-0.2, 0) is 9.53 Å². The molecule has 0 aromatic rings. The smallest absolute Gasteiger partial charge is 0.313 e. The van der Waals surface area contributed by atoms with Gasteiger partial charge in [0.15, 0.2) is 0 Å². The van der Waals surface area contributed by atoms with Crippen molar-refractivity contribution in [3.05, 3.63) is 11.6 Å². The number of esters is 1. The Bertz CT molecular complexity index is 347. The molecule has 0 aliphatic heterocycles. The first-order valence-electron chi connectivity index (χ1n) is 6.61. The van der Waals surface area contributed by atoms with Crippen LogP contribution in [0.5, 0.6) is 0 Å². The molecule has 18 heavy (non-hydrogen) atoms. The van der Waals surface area contributed by atoms with Crippen molar-refractivity contribution in [3.63, 3.8) is 0 Å². The molecule has 0 amide bonds. The second-order valence-corrected chi connectivity index (χ2v) is 4.94. The van der Waals surface area contributed by atoms with Crippen molar-refractivity contribution in [2.75, 3.05) is 7.11 Å². The standard InChI is InChI=1S/C14H23NO3/c1-4-5-6-7-11-9-12(15-17)8-10(2)13(11)14(16)18-3/h8,11,13,17H,4-7,9H2,1-3H3/b15-12-/t11-,13-/m1/s1. The minimum absolute atomic E-state index is 0.178. The molecule has 1 aliphatic carbocycles.